The maximum atomic E-state index is 10.2. The van der Waals surface area contributed by atoms with Crippen LogP contribution in [0, 0.1) is 10.3 Å². The molecule has 0 bridgehead atoms. The SMILES string of the molecule is N=C(CCl)N1CCC(N=O)CC1. The number of nitroso groups, excluding NO2 is 1. The van der Waals surface area contributed by atoms with Crippen molar-refractivity contribution in [2.75, 3.05) is 19.0 Å². The number of halogens is 1. The van der Waals surface area contributed by atoms with Crippen LogP contribution in [0.15, 0.2) is 5.18 Å². The van der Waals surface area contributed by atoms with Crippen molar-refractivity contribution < 1.29 is 0 Å². The highest BCUT2D eigenvalue weighted by molar-refractivity contribution is 6.27. The molecule has 0 aromatic heterocycles. The second-order valence-electron chi connectivity index (χ2n) is 2.90. The van der Waals surface area contributed by atoms with E-state index in [2.05, 4.69) is 5.18 Å². The van der Waals surface area contributed by atoms with Crippen LogP contribution in [-0.4, -0.2) is 35.7 Å². The summed E-state index contributed by atoms with van der Waals surface area (Å²) in [5.41, 5.74) is 0. The fourth-order valence-electron chi connectivity index (χ4n) is 1.33. The van der Waals surface area contributed by atoms with Gasteiger partial charge in [0.1, 0.15) is 5.84 Å². The zero-order chi connectivity index (χ0) is 8.97. The van der Waals surface area contributed by atoms with Gasteiger partial charge in [-0.05, 0) is 12.8 Å². The van der Waals surface area contributed by atoms with Crippen molar-refractivity contribution in [3.8, 4) is 0 Å². The topological polar surface area (TPSA) is 56.5 Å². The lowest BCUT2D eigenvalue weighted by molar-refractivity contribution is 0.311. The Bertz CT molecular complexity index is 177. The summed E-state index contributed by atoms with van der Waals surface area (Å²) in [7, 11) is 0. The lowest BCUT2D eigenvalue weighted by Gasteiger charge is -2.30. The van der Waals surface area contributed by atoms with E-state index in [9.17, 15) is 4.91 Å². The van der Waals surface area contributed by atoms with Gasteiger partial charge in [-0.25, -0.2) is 0 Å². The normalized spacial score (nSPS) is 19.2. The quantitative estimate of drug-likeness (QED) is 0.309. The largest absolute Gasteiger partial charge is 0.359 e. The second kappa shape index (κ2) is 4.40. The zero-order valence-corrected chi connectivity index (χ0v) is 7.55. The molecular weight excluding hydrogens is 178 g/mol. The number of nitrogens with zero attached hydrogens (tertiary/aromatic N) is 2. The molecular formula is C7H12ClN3O. The van der Waals surface area contributed by atoms with Gasteiger partial charge in [0.15, 0.2) is 0 Å². The van der Waals surface area contributed by atoms with Crippen molar-refractivity contribution in [3.63, 3.8) is 0 Å². The molecule has 1 N–H and O–H groups in total. The van der Waals surface area contributed by atoms with Gasteiger partial charge in [0.2, 0.25) is 0 Å². The second-order valence-corrected chi connectivity index (χ2v) is 3.17. The fourth-order valence-corrected chi connectivity index (χ4v) is 1.49. The van der Waals surface area contributed by atoms with Crippen molar-refractivity contribution in [1.82, 2.24) is 4.90 Å². The number of hydrogen-bond donors (Lipinski definition) is 1. The molecule has 12 heavy (non-hydrogen) atoms. The first kappa shape index (κ1) is 9.45. The van der Waals surface area contributed by atoms with Gasteiger partial charge in [0, 0.05) is 13.1 Å². The molecule has 0 saturated carbocycles. The Hall–Kier alpha value is -0.640. The summed E-state index contributed by atoms with van der Waals surface area (Å²) >= 11 is 5.50. The van der Waals surface area contributed by atoms with Crippen LogP contribution in [0.5, 0.6) is 0 Å². The Morgan fingerprint density at radius 1 is 1.58 bits per heavy atom. The number of amidine groups is 1. The molecule has 1 aliphatic rings. The molecule has 0 atom stereocenters. The molecule has 0 aromatic carbocycles. The highest BCUT2D eigenvalue weighted by atomic mass is 35.5. The van der Waals surface area contributed by atoms with E-state index in [1.807, 2.05) is 4.90 Å². The average Bonchev–Trinajstić information content (AvgIpc) is 2.17. The van der Waals surface area contributed by atoms with Crippen LogP contribution in [0.2, 0.25) is 0 Å². The fraction of sp³-hybridized carbons (Fsp3) is 0.857. The molecule has 1 heterocycles. The summed E-state index contributed by atoms with van der Waals surface area (Å²) in [6.45, 7) is 1.48. The first-order chi connectivity index (χ1) is 5.77. The van der Waals surface area contributed by atoms with Gasteiger partial charge in [0.25, 0.3) is 0 Å². The van der Waals surface area contributed by atoms with Crippen LogP contribution in [0.4, 0.5) is 0 Å². The molecule has 0 amide bonds. The number of likely N-dealkylation sites (tertiary alicyclic amines) is 1. The van der Waals surface area contributed by atoms with Crippen LogP contribution < -0.4 is 0 Å². The smallest absolute Gasteiger partial charge is 0.111 e. The van der Waals surface area contributed by atoms with Gasteiger partial charge in [-0.3, -0.25) is 5.41 Å². The standard InChI is InChI=1S/C7H12ClN3O/c8-5-7(9)11-3-1-6(10-12)2-4-11/h6,9H,1-5H2. The van der Waals surface area contributed by atoms with Crippen LogP contribution in [0.25, 0.3) is 0 Å². The first-order valence-corrected chi connectivity index (χ1v) is 4.52. The van der Waals surface area contributed by atoms with Gasteiger partial charge in [-0.15, -0.1) is 11.6 Å². The van der Waals surface area contributed by atoms with E-state index in [1.165, 1.54) is 0 Å². The highest BCUT2D eigenvalue weighted by Gasteiger charge is 2.20. The molecule has 1 fully saturated rings. The zero-order valence-electron chi connectivity index (χ0n) is 6.79. The lowest BCUT2D eigenvalue weighted by Crippen LogP contribution is -2.39. The maximum Gasteiger partial charge on any atom is 0.111 e. The highest BCUT2D eigenvalue weighted by Crippen LogP contribution is 2.13. The molecule has 4 nitrogen and oxygen atoms in total. The van der Waals surface area contributed by atoms with Crippen molar-refractivity contribution in [2.45, 2.75) is 18.9 Å². The molecule has 0 unspecified atom stereocenters. The van der Waals surface area contributed by atoms with Crippen LogP contribution in [-0.2, 0) is 0 Å². The Kier molecular flexibility index (Phi) is 3.47. The summed E-state index contributed by atoms with van der Waals surface area (Å²) in [4.78, 5) is 12.1. The van der Waals surface area contributed by atoms with E-state index in [0.717, 1.165) is 25.9 Å². The van der Waals surface area contributed by atoms with Gasteiger partial charge in [-0.2, -0.15) is 4.91 Å². The van der Waals surface area contributed by atoms with Crippen molar-refractivity contribution in [2.24, 2.45) is 5.18 Å². The monoisotopic (exact) mass is 189 g/mol. The molecule has 1 rings (SSSR count). The predicted molar refractivity (Wildman–Crippen MR) is 48.8 cm³/mol. The van der Waals surface area contributed by atoms with E-state index < -0.39 is 0 Å². The summed E-state index contributed by atoms with van der Waals surface area (Å²) < 4.78 is 0. The molecule has 1 saturated heterocycles. The molecule has 0 radical (unpaired) electrons. The first-order valence-electron chi connectivity index (χ1n) is 3.98. The van der Waals surface area contributed by atoms with Crippen molar-refractivity contribution in [1.29, 1.82) is 5.41 Å². The minimum Gasteiger partial charge on any atom is -0.359 e. The minimum absolute atomic E-state index is 0.0515. The lowest BCUT2D eigenvalue weighted by atomic mass is 10.1. The van der Waals surface area contributed by atoms with E-state index in [1.54, 1.807) is 0 Å². The Balaban J connectivity index is 2.35. The molecule has 0 aliphatic carbocycles. The number of rotatable bonds is 2. The maximum absolute atomic E-state index is 10.2. The van der Waals surface area contributed by atoms with E-state index >= 15 is 0 Å². The number of nitrogens with one attached hydrogen (secondary N) is 1. The average molecular weight is 190 g/mol. The third-order valence-electron chi connectivity index (χ3n) is 2.12. The van der Waals surface area contributed by atoms with Gasteiger partial charge < -0.3 is 4.90 Å². The Labute approximate surface area is 76.4 Å². The predicted octanol–water partition coefficient (Wildman–Crippen LogP) is 1.43. The molecule has 68 valence electrons. The van der Waals surface area contributed by atoms with Crippen LogP contribution in [0.1, 0.15) is 12.8 Å². The number of hydrogen-bond acceptors (Lipinski definition) is 3. The minimum atomic E-state index is -0.0515. The van der Waals surface area contributed by atoms with Crippen LogP contribution in [0.3, 0.4) is 0 Å². The molecule has 1 aliphatic heterocycles. The van der Waals surface area contributed by atoms with Crippen molar-refractivity contribution >= 4 is 17.4 Å². The van der Waals surface area contributed by atoms with Crippen LogP contribution >= 0.6 is 11.6 Å². The number of piperidine rings is 1. The Morgan fingerprint density at radius 2 is 2.17 bits per heavy atom. The summed E-state index contributed by atoms with van der Waals surface area (Å²) in [5, 5.41) is 10.4. The summed E-state index contributed by atoms with van der Waals surface area (Å²) in [6, 6.07) is -0.0515. The van der Waals surface area contributed by atoms with E-state index in [0.29, 0.717) is 5.84 Å². The van der Waals surface area contributed by atoms with Crippen molar-refractivity contribution in [3.05, 3.63) is 4.91 Å². The third-order valence-corrected chi connectivity index (χ3v) is 2.38. The molecule has 0 spiro atoms. The molecule has 5 heteroatoms. The third kappa shape index (κ3) is 2.17. The molecule has 0 aromatic rings. The van der Waals surface area contributed by atoms with Gasteiger partial charge in [-0.1, -0.05) is 5.18 Å². The number of alkyl halides is 1. The van der Waals surface area contributed by atoms with Gasteiger partial charge >= 0.3 is 0 Å². The van der Waals surface area contributed by atoms with E-state index in [4.69, 9.17) is 17.0 Å². The van der Waals surface area contributed by atoms with E-state index in [-0.39, 0.29) is 11.9 Å². The Morgan fingerprint density at radius 3 is 2.58 bits per heavy atom. The summed E-state index contributed by atoms with van der Waals surface area (Å²) in [5.74, 6) is 0.695. The summed E-state index contributed by atoms with van der Waals surface area (Å²) in [6.07, 6.45) is 1.51. The van der Waals surface area contributed by atoms with Gasteiger partial charge in [0.05, 0.1) is 11.9 Å².